The van der Waals surface area contributed by atoms with Gasteiger partial charge in [0.15, 0.2) is 0 Å². The van der Waals surface area contributed by atoms with E-state index in [2.05, 4.69) is 5.32 Å². The first kappa shape index (κ1) is 13.7. The van der Waals surface area contributed by atoms with E-state index in [1.165, 1.54) is 14.0 Å². The van der Waals surface area contributed by atoms with Crippen LogP contribution in [0, 0.1) is 11.3 Å². The van der Waals surface area contributed by atoms with Crippen LogP contribution in [0.25, 0.3) is 0 Å². The third-order valence-corrected chi connectivity index (χ3v) is 2.36. The number of carbonyl (C=O) groups is 2. The van der Waals surface area contributed by atoms with Gasteiger partial charge in [0, 0.05) is 18.9 Å². The fourth-order valence-electron chi connectivity index (χ4n) is 1.53. The summed E-state index contributed by atoms with van der Waals surface area (Å²) in [5.41, 5.74) is 1.08. The fourth-order valence-corrected chi connectivity index (χ4v) is 1.53. The molecule has 0 aliphatic rings. The van der Waals surface area contributed by atoms with E-state index >= 15 is 0 Å². The zero-order valence-electron chi connectivity index (χ0n) is 10.3. The SMILES string of the molecule is COc1ccc(CCC#N)c(C(=O)NC(C)=O)c1. The Bertz CT molecular complexity index is 503. The highest BCUT2D eigenvalue weighted by atomic mass is 16.5. The standard InChI is InChI=1S/C13H14N2O3/c1-9(16)15-13(17)12-8-11(18-2)6-5-10(12)4-3-7-14/h5-6,8H,3-4H2,1-2H3,(H,15,16,17). The van der Waals surface area contributed by atoms with Crippen molar-refractivity contribution < 1.29 is 14.3 Å². The predicted molar refractivity (Wildman–Crippen MR) is 65.1 cm³/mol. The van der Waals surface area contributed by atoms with Crippen LogP contribution in [0.2, 0.25) is 0 Å². The van der Waals surface area contributed by atoms with Crippen molar-refractivity contribution in [3.8, 4) is 11.8 Å². The number of nitrogens with zero attached hydrogens (tertiary/aromatic N) is 1. The molecular weight excluding hydrogens is 232 g/mol. The number of carbonyl (C=O) groups excluding carboxylic acids is 2. The van der Waals surface area contributed by atoms with Crippen molar-refractivity contribution in [2.45, 2.75) is 19.8 Å². The number of rotatable bonds is 4. The molecule has 0 aliphatic carbocycles. The second-order valence-corrected chi connectivity index (χ2v) is 3.69. The van der Waals surface area contributed by atoms with Crippen LogP contribution in [0.1, 0.15) is 29.3 Å². The molecule has 0 bridgehead atoms. The first-order valence-corrected chi connectivity index (χ1v) is 5.44. The summed E-state index contributed by atoms with van der Waals surface area (Å²) in [5, 5.41) is 10.8. The lowest BCUT2D eigenvalue weighted by atomic mass is 10.0. The average Bonchev–Trinajstić information content (AvgIpc) is 2.35. The van der Waals surface area contributed by atoms with Crippen LogP contribution < -0.4 is 10.1 Å². The van der Waals surface area contributed by atoms with Gasteiger partial charge in [0.25, 0.3) is 5.91 Å². The number of methoxy groups -OCH3 is 1. The summed E-state index contributed by atoms with van der Waals surface area (Å²) in [4.78, 5) is 22.7. The molecule has 0 radical (unpaired) electrons. The van der Waals surface area contributed by atoms with Crippen molar-refractivity contribution in [3.63, 3.8) is 0 Å². The Labute approximate surface area is 105 Å². The topological polar surface area (TPSA) is 79.2 Å². The maximum absolute atomic E-state index is 11.8. The zero-order chi connectivity index (χ0) is 13.5. The number of imide groups is 1. The first-order chi connectivity index (χ1) is 8.58. The minimum absolute atomic E-state index is 0.312. The number of hydrogen-bond acceptors (Lipinski definition) is 4. The third kappa shape index (κ3) is 3.59. The summed E-state index contributed by atoms with van der Waals surface area (Å²) >= 11 is 0. The molecule has 0 atom stereocenters. The van der Waals surface area contributed by atoms with Crippen molar-refractivity contribution in [1.82, 2.24) is 5.32 Å². The number of ether oxygens (including phenoxy) is 1. The van der Waals surface area contributed by atoms with Crippen molar-refractivity contribution in [2.75, 3.05) is 7.11 Å². The van der Waals surface area contributed by atoms with E-state index < -0.39 is 11.8 Å². The van der Waals surface area contributed by atoms with Gasteiger partial charge in [-0.1, -0.05) is 6.07 Å². The predicted octanol–water partition coefficient (Wildman–Crippen LogP) is 1.43. The van der Waals surface area contributed by atoms with Gasteiger partial charge in [0.2, 0.25) is 5.91 Å². The summed E-state index contributed by atoms with van der Waals surface area (Å²) < 4.78 is 5.04. The van der Waals surface area contributed by atoms with Crippen LogP contribution in [0.5, 0.6) is 5.75 Å². The van der Waals surface area contributed by atoms with Gasteiger partial charge >= 0.3 is 0 Å². The van der Waals surface area contributed by atoms with Gasteiger partial charge in [-0.05, 0) is 24.1 Å². The Balaban J connectivity index is 3.07. The van der Waals surface area contributed by atoms with E-state index in [0.29, 0.717) is 24.2 Å². The van der Waals surface area contributed by atoms with E-state index in [0.717, 1.165) is 5.56 Å². The monoisotopic (exact) mass is 246 g/mol. The number of benzene rings is 1. The third-order valence-electron chi connectivity index (χ3n) is 2.36. The lowest BCUT2D eigenvalue weighted by molar-refractivity contribution is -0.118. The molecule has 0 spiro atoms. The Morgan fingerprint density at radius 1 is 1.44 bits per heavy atom. The Kier molecular flexibility index (Phi) is 4.88. The molecule has 0 heterocycles. The Morgan fingerprint density at radius 2 is 2.17 bits per heavy atom. The molecular formula is C13H14N2O3. The van der Waals surface area contributed by atoms with E-state index in [1.54, 1.807) is 18.2 Å². The Morgan fingerprint density at radius 3 is 2.72 bits per heavy atom. The van der Waals surface area contributed by atoms with Crippen molar-refractivity contribution in [2.24, 2.45) is 0 Å². The minimum Gasteiger partial charge on any atom is -0.497 e. The van der Waals surface area contributed by atoms with Gasteiger partial charge in [-0.25, -0.2) is 0 Å². The molecule has 5 nitrogen and oxygen atoms in total. The second-order valence-electron chi connectivity index (χ2n) is 3.69. The quantitative estimate of drug-likeness (QED) is 0.871. The van der Waals surface area contributed by atoms with E-state index in [1.807, 2.05) is 6.07 Å². The molecule has 1 aromatic carbocycles. The molecule has 1 N–H and O–H groups in total. The normalized spacial score (nSPS) is 9.39. The molecule has 0 saturated carbocycles. The second kappa shape index (κ2) is 6.40. The molecule has 0 unspecified atom stereocenters. The van der Waals surface area contributed by atoms with Crippen LogP contribution in [0.3, 0.4) is 0 Å². The molecule has 94 valence electrons. The highest BCUT2D eigenvalue weighted by molar-refractivity contribution is 6.05. The molecule has 0 saturated heterocycles. The molecule has 0 aromatic heterocycles. The number of nitrogens with one attached hydrogen (secondary N) is 1. The van der Waals surface area contributed by atoms with Gasteiger partial charge in [-0.2, -0.15) is 5.26 Å². The molecule has 1 rings (SSSR count). The van der Waals surface area contributed by atoms with Crippen molar-refractivity contribution >= 4 is 11.8 Å². The lowest BCUT2D eigenvalue weighted by Gasteiger charge is -2.09. The summed E-state index contributed by atoms with van der Waals surface area (Å²) in [6.07, 6.45) is 0.772. The zero-order valence-corrected chi connectivity index (χ0v) is 10.3. The van der Waals surface area contributed by atoms with Gasteiger partial charge in [0.05, 0.1) is 13.2 Å². The van der Waals surface area contributed by atoms with Crippen molar-refractivity contribution in [3.05, 3.63) is 29.3 Å². The number of aryl methyl sites for hydroxylation is 1. The lowest BCUT2D eigenvalue weighted by Crippen LogP contribution is -2.28. The van der Waals surface area contributed by atoms with Crippen LogP contribution in [-0.2, 0) is 11.2 Å². The first-order valence-electron chi connectivity index (χ1n) is 5.44. The summed E-state index contributed by atoms with van der Waals surface area (Å²) in [6.45, 7) is 1.27. The van der Waals surface area contributed by atoms with Gasteiger partial charge < -0.3 is 4.74 Å². The largest absolute Gasteiger partial charge is 0.497 e. The maximum Gasteiger partial charge on any atom is 0.258 e. The van der Waals surface area contributed by atoms with E-state index in [-0.39, 0.29) is 0 Å². The molecule has 1 aromatic rings. The maximum atomic E-state index is 11.8. The van der Waals surface area contributed by atoms with E-state index in [4.69, 9.17) is 10.00 Å². The smallest absolute Gasteiger partial charge is 0.258 e. The number of nitriles is 1. The van der Waals surface area contributed by atoms with Crippen LogP contribution in [-0.4, -0.2) is 18.9 Å². The van der Waals surface area contributed by atoms with Crippen LogP contribution in [0.4, 0.5) is 0 Å². The summed E-state index contributed by atoms with van der Waals surface area (Å²) in [6, 6.07) is 7.03. The molecule has 0 aliphatic heterocycles. The molecule has 0 fully saturated rings. The highest BCUT2D eigenvalue weighted by Gasteiger charge is 2.13. The van der Waals surface area contributed by atoms with Gasteiger partial charge in [0.1, 0.15) is 5.75 Å². The number of amides is 2. The highest BCUT2D eigenvalue weighted by Crippen LogP contribution is 2.19. The van der Waals surface area contributed by atoms with Crippen LogP contribution in [0.15, 0.2) is 18.2 Å². The summed E-state index contributed by atoms with van der Waals surface area (Å²) in [5.74, 6) is -0.368. The van der Waals surface area contributed by atoms with Gasteiger partial charge in [-0.3, -0.25) is 14.9 Å². The Hall–Kier alpha value is -2.35. The van der Waals surface area contributed by atoms with E-state index in [9.17, 15) is 9.59 Å². The van der Waals surface area contributed by atoms with Crippen LogP contribution >= 0.6 is 0 Å². The molecule has 2 amide bonds. The van der Waals surface area contributed by atoms with Crippen molar-refractivity contribution in [1.29, 1.82) is 5.26 Å². The minimum atomic E-state index is -0.477. The van der Waals surface area contributed by atoms with Gasteiger partial charge in [-0.15, -0.1) is 0 Å². The average molecular weight is 246 g/mol. The molecule has 5 heteroatoms. The molecule has 18 heavy (non-hydrogen) atoms. The summed E-state index contributed by atoms with van der Waals surface area (Å²) in [7, 11) is 1.50. The fraction of sp³-hybridized carbons (Fsp3) is 0.308. The number of hydrogen-bond donors (Lipinski definition) is 1.